The maximum Gasteiger partial charge on any atom is 0.329 e. The van der Waals surface area contributed by atoms with Crippen LogP contribution in [0.5, 0.6) is 11.5 Å². The van der Waals surface area contributed by atoms with E-state index in [2.05, 4.69) is 20.4 Å². The largest absolute Gasteiger partial charge is 0.497 e. The number of aryl methyl sites for hydroxylation is 2. The summed E-state index contributed by atoms with van der Waals surface area (Å²) in [6, 6.07) is 15.0. The van der Waals surface area contributed by atoms with Crippen molar-refractivity contribution < 1.29 is 19.1 Å². The number of hydrogen-bond acceptors (Lipinski definition) is 5. The predicted octanol–water partition coefficient (Wildman–Crippen LogP) is 3.51. The number of benzene rings is 2. The number of hydrogen-bond donors (Lipinski definition) is 2. The maximum atomic E-state index is 12.2. The van der Waals surface area contributed by atoms with Gasteiger partial charge in [-0.05, 0) is 68.8 Å². The molecule has 0 fully saturated rings. The molecule has 1 aromatic heterocycles. The van der Waals surface area contributed by atoms with Crippen molar-refractivity contribution >= 4 is 23.7 Å². The zero-order valence-electron chi connectivity index (χ0n) is 18.7. The molecule has 0 bridgehead atoms. The number of nitrogens with one attached hydrogen (secondary N) is 2. The van der Waals surface area contributed by atoms with Gasteiger partial charge in [0.1, 0.15) is 11.5 Å². The second-order valence-corrected chi connectivity index (χ2v) is 7.22. The molecular weight excluding hydrogens is 408 g/mol. The summed E-state index contributed by atoms with van der Waals surface area (Å²) < 4.78 is 12.5. The molecule has 166 valence electrons. The lowest BCUT2D eigenvalue weighted by Gasteiger charge is -2.10. The van der Waals surface area contributed by atoms with Crippen LogP contribution < -0.4 is 20.2 Å². The Kier molecular flexibility index (Phi) is 6.94. The summed E-state index contributed by atoms with van der Waals surface area (Å²) in [7, 11) is 3.12. The average molecular weight is 434 g/mol. The van der Waals surface area contributed by atoms with Gasteiger partial charge >= 0.3 is 11.8 Å². The summed E-state index contributed by atoms with van der Waals surface area (Å²) in [4.78, 5) is 24.4. The Labute approximate surface area is 186 Å². The first-order valence-corrected chi connectivity index (χ1v) is 9.96. The number of rotatable bonds is 6. The van der Waals surface area contributed by atoms with Gasteiger partial charge in [0.25, 0.3) is 0 Å². The molecule has 0 aliphatic rings. The van der Waals surface area contributed by atoms with E-state index in [9.17, 15) is 9.59 Å². The summed E-state index contributed by atoms with van der Waals surface area (Å²) in [5.74, 6) is -0.475. The van der Waals surface area contributed by atoms with Gasteiger partial charge in [-0.15, -0.1) is 0 Å². The highest BCUT2D eigenvalue weighted by Crippen LogP contribution is 2.25. The zero-order chi connectivity index (χ0) is 23.3. The van der Waals surface area contributed by atoms with Crippen LogP contribution in [0.25, 0.3) is 5.69 Å². The molecule has 0 saturated heterocycles. The topological polar surface area (TPSA) is 94.0 Å². The maximum absolute atomic E-state index is 12.2. The minimum atomic E-state index is -0.881. The fraction of sp³-hybridized carbons (Fsp3) is 0.208. The lowest BCUT2D eigenvalue weighted by molar-refractivity contribution is -0.136. The first kappa shape index (κ1) is 22.6. The Morgan fingerprint density at radius 1 is 0.938 bits per heavy atom. The smallest absolute Gasteiger partial charge is 0.329 e. The number of carbonyl (C=O) groups excluding carboxylic acids is 2. The van der Waals surface area contributed by atoms with Crippen LogP contribution in [0.3, 0.4) is 0 Å². The summed E-state index contributed by atoms with van der Waals surface area (Å²) in [5, 5.41) is 6.49. The van der Waals surface area contributed by atoms with E-state index in [1.165, 1.54) is 13.3 Å². The third-order valence-corrected chi connectivity index (χ3v) is 4.98. The van der Waals surface area contributed by atoms with E-state index in [1.54, 1.807) is 19.2 Å². The van der Waals surface area contributed by atoms with Gasteiger partial charge in [0.05, 0.1) is 26.1 Å². The van der Waals surface area contributed by atoms with Crippen LogP contribution in [-0.2, 0) is 9.59 Å². The van der Waals surface area contributed by atoms with Crippen LogP contribution in [0, 0.1) is 20.8 Å². The van der Waals surface area contributed by atoms with Crippen LogP contribution in [0.4, 0.5) is 5.69 Å². The lowest BCUT2D eigenvalue weighted by Crippen LogP contribution is -2.32. The van der Waals surface area contributed by atoms with E-state index in [-0.39, 0.29) is 0 Å². The number of nitrogens with zero attached hydrogens (tertiary/aromatic N) is 2. The summed E-state index contributed by atoms with van der Waals surface area (Å²) in [5.41, 5.74) is 7.35. The minimum Gasteiger partial charge on any atom is -0.497 e. The molecule has 8 nitrogen and oxygen atoms in total. The number of ether oxygens (including phenoxy) is 2. The van der Waals surface area contributed by atoms with Gasteiger partial charge in [-0.2, -0.15) is 5.10 Å². The van der Waals surface area contributed by atoms with Gasteiger partial charge in [0, 0.05) is 22.6 Å². The summed E-state index contributed by atoms with van der Waals surface area (Å²) in [6.07, 6.45) is 1.51. The fourth-order valence-corrected chi connectivity index (χ4v) is 3.36. The fourth-order valence-electron chi connectivity index (χ4n) is 3.36. The van der Waals surface area contributed by atoms with Crippen molar-refractivity contribution in [3.05, 3.63) is 71.0 Å². The summed E-state index contributed by atoms with van der Waals surface area (Å²) in [6.45, 7) is 5.81. The molecule has 32 heavy (non-hydrogen) atoms. The number of hydrazone groups is 1. The summed E-state index contributed by atoms with van der Waals surface area (Å²) >= 11 is 0. The molecule has 0 atom stereocenters. The van der Waals surface area contributed by atoms with E-state index in [0.717, 1.165) is 34.0 Å². The van der Waals surface area contributed by atoms with Crippen LogP contribution in [0.15, 0.2) is 53.6 Å². The molecule has 0 spiro atoms. The van der Waals surface area contributed by atoms with Gasteiger partial charge in [0.2, 0.25) is 0 Å². The van der Waals surface area contributed by atoms with Crippen molar-refractivity contribution in [3.63, 3.8) is 0 Å². The van der Waals surface area contributed by atoms with E-state index in [1.807, 2.05) is 57.2 Å². The van der Waals surface area contributed by atoms with Crippen LogP contribution in [-0.4, -0.2) is 36.8 Å². The molecule has 0 saturated carbocycles. The van der Waals surface area contributed by atoms with Crippen LogP contribution in [0.1, 0.15) is 22.5 Å². The molecule has 2 amide bonds. The predicted molar refractivity (Wildman–Crippen MR) is 124 cm³/mol. The van der Waals surface area contributed by atoms with Gasteiger partial charge in [-0.25, -0.2) is 5.43 Å². The van der Waals surface area contributed by atoms with E-state index in [4.69, 9.17) is 9.47 Å². The molecule has 0 aliphatic heterocycles. The third kappa shape index (κ3) is 4.97. The Balaban J connectivity index is 1.68. The highest BCUT2D eigenvalue weighted by Gasteiger charge is 2.16. The number of carbonyl (C=O) groups is 2. The minimum absolute atomic E-state index is 0.416. The van der Waals surface area contributed by atoms with E-state index < -0.39 is 11.8 Å². The molecule has 0 aliphatic carbocycles. The van der Waals surface area contributed by atoms with Crippen molar-refractivity contribution in [2.75, 3.05) is 19.5 Å². The number of anilines is 1. The second-order valence-electron chi connectivity index (χ2n) is 7.22. The average Bonchev–Trinajstić information content (AvgIpc) is 3.06. The van der Waals surface area contributed by atoms with Crippen molar-refractivity contribution in [2.45, 2.75) is 20.8 Å². The molecule has 0 unspecified atom stereocenters. The number of methoxy groups -OCH3 is 2. The molecule has 1 heterocycles. The lowest BCUT2D eigenvalue weighted by atomic mass is 10.2. The van der Waals surface area contributed by atoms with Crippen molar-refractivity contribution in [1.29, 1.82) is 0 Å². The van der Waals surface area contributed by atoms with E-state index >= 15 is 0 Å². The zero-order valence-corrected chi connectivity index (χ0v) is 18.7. The highest BCUT2D eigenvalue weighted by atomic mass is 16.5. The molecule has 2 N–H and O–H groups in total. The quantitative estimate of drug-likeness (QED) is 0.353. The first-order chi connectivity index (χ1) is 15.3. The monoisotopic (exact) mass is 434 g/mol. The molecule has 0 radical (unpaired) electrons. The van der Waals surface area contributed by atoms with Crippen LogP contribution in [0.2, 0.25) is 0 Å². The molecule has 3 rings (SSSR count). The van der Waals surface area contributed by atoms with Gasteiger partial charge in [0.15, 0.2) is 0 Å². The molecule has 3 aromatic rings. The van der Waals surface area contributed by atoms with E-state index in [0.29, 0.717) is 11.4 Å². The van der Waals surface area contributed by atoms with Gasteiger partial charge in [-0.3, -0.25) is 9.59 Å². The van der Waals surface area contributed by atoms with Gasteiger partial charge < -0.3 is 19.4 Å². The highest BCUT2D eigenvalue weighted by molar-refractivity contribution is 6.39. The normalized spacial score (nSPS) is 10.8. The van der Waals surface area contributed by atoms with Crippen LogP contribution >= 0.6 is 0 Å². The Bertz CT molecular complexity index is 1160. The Hall–Kier alpha value is -4.07. The van der Waals surface area contributed by atoms with Crippen molar-refractivity contribution in [2.24, 2.45) is 5.10 Å². The Morgan fingerprint density at radius 3 is 2.31 bits per heavy atom. The molecular formula is C24H26N4O4. The van der Waals surface area contributed by atoms with Crippen molar-refractivity contribution in [1.82, 2.24) is 9.99 Å². The van der Waals surface area contributed by atoms with Crippen molar-refractivity contribution in [3.8, 4) is 17.2 Å². The molecule has 2 aromatic carbocycles. The molecule has 8 heteroatoms. The van der Waals surface area contributed by atoms with Gasteiger partial charge in [-0.1, -0.05) is 6.07 Å². The number of amides is 2. The Morgan fingerprint density at radius 2 is 1.66 bits per heavy atom. The second kappa shape index (κ2) is 9.82. The number of aromatic nitrogens is 1. The standard InChI is InChI=1S/C24H26N4O4/c1-15-6-11-22(32-5)21(12-15)26-23(29)24(30)27-25-14-18-13-16(2)28(17(18)3)19-7-9-20(31-4)10-8-19/h6-14H,1-5H3,(H,26,29)(H,27,30)/b25-14-. The first-order valence-electron chi connectivity index (χ1n) is 9.96. The third-order valence-electron chi connectivity index (χ3n) is 4.98. The SMILES string of the molecule is COc1ccc(-n2c(C)cc(/C=N\NC(=O)C(=O)Nc3cc(C)ccc3OC)c2C)cc1.